The molecule has 4 bridgehead atoms. The number of allylic oxidation sites excluding steroid dienone is 3. The highest BCUT2D eigenvalue weighted by molar-refractivity contribution is 8.77. The van der Waals surface area contributed by atoms with Crippen molar-refractivity contribution in [2.45, 2.75) is 147 Å². The van der Waals surface area contributed by atoms with Crippen molar-refractivity contribution in [3.05, 3.63) is 52.1 Å². The quantitative estimate of drug-likeness (QED) is 0.0878. The highest BCUT2D eigenvalue weighted by Crippen LogP contribution is 2.48. The highest BCUT2D eigenvalue weighted by atomic mass is 35.5. The maximum absolute atomic E-state index is 14.1. The molecule has 7 atom stereocenters. The van der Waals surface area contributed by atoms with E-state index < -0.39 is 59.6 Å². The van der Waals surface area contributed by atoms with Crippen LogP contribution in [-0.2, 0) is 39.8 Å². The van der Waals surface area contributed by atoms with Crippen LogP contribution in [0, 0.1) is 12.8 Å². The number of hydrogen-bond acceptors (Lipinski definition) is 11. The number of anilines is 1. The summed E-state index contributed by atoms with van der Waals surface area (Å²) < 4.78 is 17.7. The van der Waals surface area contributed by atoms with Gasteiger partial charge >= 0.3 is 12.1 Å². The van der Waals surface area contributed by atoms with Crippen LogP contribution in [0.3, 0.4) is 0 Å². The minimum Gasteiger partial charge on any atom is -0.457 e. The molecule has 0 aliphatic carbocycles. The first-order chi connectivity index (χ1) is 26.6. The molecule has 3 heterocycles. The van der Waals surface area contributed by atoms with Crippen molar-refractivity contribution in [2.24, 2.45) is 5.92 Å². The van der Waals surface area contributed by atoms with Crippen LogP contribution < -0.4 is 10.2 Å². The van der Waals surface area contributed by atoms with Crippen molar-refractivity contribution in [3.8, 4) is 0 Å². The first-order valence-corrected chi connectivity index (χ1v) is 22.4. The van der Waals surface area contributed by atoms with Gasteiger partial charge in [0, 0.05) is 56.2 Å². The number of ketones is 1. The van der Waals surface area contributed by atoms with Gasteiger partial charge in [-0.2, -0.15) is 0 Å². The van der Waals surface area contributed by atoms with E-state index in [4.69, 9.17) is 25.8 Å². The number of benzene rings is 1. The summed E-state index contributed by atoms with van der Waals surface area (Å²) in [5.74, 6) is -0.796. The summed E-state index contributed by atoms with van der Waals surface area (Å²) in [7, 11) is 6.53. The van der Waals surface area contributed by atoms with Crippen LogP contribution in [0.25, 0.3) is 0 Å². The summed E-state index contributed by atoms with van der Waals surface area (Å²) >= 11 is 6.77. The molecule has 12 nitrogen and oxygen atoms in total. The van der Waals surface area contributed by atoms with Gasteiger partial charge in [-0.3, -0.25) is 19.7 Å². The number of esters is 1. The zero-order valence-corrected chi connectivity index (χ0v) is 37.3. The van der Waals surface area contributed by atoms with Crippen LogP contribution in [0.15, 0.2) is 35.9 Å². The normalized spacial score (nSPS) is 28.6. The summed E-state index contributed by atoms with van der Waals surface area (Å²) in [6, 6.07) is 2.84. The smallest absolute Gasteiger partial charge is 0.409 e. The average Bonchev–Trinajstić information content (AvgIpc) is 3.85. The van der Waals surface area contributed by atoms with Gasteiger partial charge < -0.3 is 29.1 Å². The van der Waals surface area contributed by atoms with Crippen molar-refractivity contribution in [2.75, 3.05) is 24.7 Å². The third-order valence-electron chi connectivity index (χ3n) is 11.2. The molecule has 7 unspecified atom stereocenters. The Morgan fingerprint density at radius 1 is 1.21 bits per heavy atom. The molecule has 0 saturated carbocycles. The topological polar surface area (TPSA) is 155 Å². The van der Waals surface area contributed by atoms with Crippen LogP contribution in [0.2, 0.25) is 5.02 Å². The number of halogens is 1. The second kappa shape index (κ2) is 19.4. The maximum Gasteiger partial charge on any atom is 0.409 e. The van der Waals surface area contributed by atoms with Gasteiger partial charge in [-0.1, -0.05) is 76.9 Å². The highest BCUT2D eigenvalue weighted by Gasteiger charge is 2.66. The molecule has 1 aromatic rings. The lowest BCUT2D eigenvalue weighted by Crippen LogP contribution is -2.60. The maximum atomic E-state index is 14.1. The number of likely N-dealkylation sites (N-methyl/N-ethyl adjacent to an activating group) is 1. The number of amides is 3. The molecular weight excluding hydrogens is 790 g/mol. The molecule has 57 heavy (non-hydrogen) atoms. The number of epoxide rings is 1. The monoisotopic (exact) mass is 849 g/mol. The number of alkyl carbamates (subject to hydrolysis) is 1. The first kappa shape index (κ1) is 46.6. The van der Waals surface area contributed by atoms with Gasteiger partial charge in [0.1, 0.15) is 41.5 Å². The molecule has 3 aliphatic heterocycles. The van der Waals surface area contributed by atoms with E-state index in [1.165, 1.54) is 9.80 Å². The Bertz CT molecular complexity index is 1750. The van der Waals surface area contributed by atoms with E-state index in [-0.39, 0.29) is 35.7 Å². The first-order valence-electron chi connectivity index (χ1n) is 19.7. The van der Waals surface area contributed by atoms with Gasteiger partial charge in [-0.05, 0) is 78.0 Å². The van der Waals surface area contributed by atoms with Crippen molar-refractivity contribution < 1.29 is 43.3 Å². The van der Waals surface area contributed by atoms with Crippen molar-refractivity contribution >= 4 is 68.5 Å². The number of fused-ring (bicyclic) bond motifs is 6. The van der Waals surface area contributed by atoms with Gasteiger partial charge in [0.25, 0.3) is 0 Å². The predicted octanol–water partition coefficient (Wildman–Crippen LogP) is 7.50. The second-order valence-corrected chi connectivity index (χ2v) is 20.0. The largest absolute Gasteiger partial charge is 0.457 e. The Hall–Kier alpha value is -3.04. The van der Waals surface area contributed by atoms with Crippen molar-refractivity contribution in [1.82, 2.24) is 10.2 Å². The molecular formula is C42H60ClN3O9S2. The van der Waals surface area contributed by atoms with Gasteiger partial charge in [-0.25, -0.2) is 9.59 Å². The molecule has 2 N–H and O–H groups in total. The molecule has 0 spiro atoms. The molecule has 4 rings (SSSR count). The Balaban J connectivity index is 1.55. The molecule has 316 valence electrons. The van der Waals surface area contributed by atoms with E-state index in [0.717, 1.165) is 28.9 Å². The number of carbonyl (C=O) groups excluding carboxylic acids is 5. The lowest BCUT2D eigenvalue weighted by molar-refractivity contribution is -0.162. The fourth-order valence-corrected chi connectivity index (χ4v) is 9.88. The number of aryl methyl sites for hydroxylation is 1. The Morgan fingerprint density at radius 2 is 1.91 bits per heavy atom. The number of carbonyl (C=O) groups is 5. The van der Waals surface area contributed by atoms with Crippen LogP contribution in [0.5, 0.6) is 0 Å². The Morgan fingerprint density at radius 3 is 2.60 bits per heavy atom. The lowest BCUT2D eigenvalue weighted by atomic mass is 9.85. The van der Waals surface area contributed by atoms with E-state index in [1.54, 1.807) is 56.5 Å². The van der Waals surface area contributed by atoms with Crippen LogP contribution >= 0.6 is 33.2 Å². The Labute approximate surface area is 350 Å². The third-order valence-corrected chi connectivity index (χ3v) is 15.2. The molecule has 3 amide bonds. The third kappa shape index (κ3) is 12.0. The zero-order valence-electron chi connectivity index (χ0n) is 34.9. The molecule has 0 aromatic heterocycles. The SMILES string of the molecule is CCC(=O)CCCSSC(C)(C)CCC(=O)N(C)C(C)C(=O)OC1CC(=O)N(C)c2cc(cc(C)c2Cl)C/C(C)=C/C=C/C(C)C2(O)CC(OC(=O)N2)C2OC12C. The minimum atomic E-state index is -1.67. The number of nitrogens with one attached hydrogen (secondary N) is 1. The molecule has 2 fully saturated rings. The average molecular weight is 851 g/mol. The summed E-state index contributed by atoms with van der Waals surface area (Å²) in [6.07, 6.45) is 4.79. The van der Waals surface area contributed by atoms with Gasteiger partial charge in [0.15, 0.2) is 0 Å². The number of aliphatic hydroxyl groups is 1. The fourth-order valence-electron chi connectivity index (χ4n) is 6.99. The van der Waals surface area contributed by atoms with Gasteiger partial charge in [0.2, 0.25) is 11.8 Å². The molecule has 2 saturated heterocycles. The Kier molecular flexibility index (Phi) is 15.8. The number of rotatable bonds is 13. The molecule has 15 heteroatoms. The molecule has 1 aromatic carbocycles. The standard InChI is InChI=1S/C42H60ClN3O9S2/c1-11-30(47)16-13-19-56-57-40(6,7)18-17-34(48)45(9)28(5)38(50)54-33-23-35(49)46(10)31-22-29(21-26(3)36(31)43)20-25(2)14-12-15-27(4)42(52)24-32(53-39(51)44-42)37-41(33,8)55-37/h12,14-15,21-22,27-28,32-33,37,52H,11,13,16-20,23-24H2,1-10H3,(H,44,51)/b15-12+,25-14+. The van der Waals surface area contributed by atoms with Crippen molar-refractivity contribution in [1.29, 1.82) is 0 Å². The number of Topliss-reactive ketones (excluding diaryl/α,β-unsaturated/α-hetero) is 1. The number of ether oxygens (including phenoxy) is 3. The zero-order chi connectivity index (χ0) is 42.5. The summed E-state index contributed by atoms with van der Waals surface area (Å²) in [4.78, 5) is 68.7. The van der Waals surface area contributed by atoms with Crippen LogP contribution in [-0.4, -0.2) is 99.9 Å². The summed E-state index contributed by atoms with van der Waals surface area (Å²) in [5.41, 5.74) is 0.291. The van der Waals surface area contributed by atoms with E-state index in [1.807, 2.05) is 51.1 Å². The van der Waals surface area contributed by atoms with Crippen LogP contribution in [0.1, 0.15) is 105 Å². The van der Waals surface area contributed by atoms with Gasteiger partial charge in [-0.15, -0.1) is 0 Å². The number of hydrogen-bond donors (Lipinski definition) is 2. The van der Waals surface area contributed by atoms with Gasteiger partial charge in [0.05, 0.1) is 17.1 Å². The van der Waals surface area contributed by atoms with E-state index >= 15 is 0 Å². The minimum absolute atomic E-state index is 0.0273. The van der Waals surface area contributed by atoms with E-state index in [9.17, 15) is 29.1 Å². The van der Waals surface area contributed by atoms with E-state index in [0.29, 0.717) is 36.4 Å². The molecule has 3 aliphatic rings. The summed E-state index contributed by atoms with van der Waals surface area (Å²) in [6.45, 7) is 14.9. The predicted molar refractivity (Wildman–Crippen MR) is 226 cm³/mol. The lowest BCUT2D eigenvalue weighted by Gasteiger charge is -2.40. The molecule has 0 radical (unpaired) electrons. The van der Waals surface area contributed by atoms with Crippen molar-refractivity contribution in [3.63, 3.8) is 0 Å². The fraction of sp³-hybridized carbons (Fsp3) is 0.643. The summed E-state index contributed by atoms with van der Waals surface area (Å²) in [5, 5.41) is 14.7. The second-order valence-electron chi connectivity index (χ2n) is 16.5. The van der Waals surface area contributed by atoms with E-state index in [2.05, 4.69) is 19.2 Å². The van der Waals surface area contributed by atoms with Crippen LogP contribution in [0.4, 0.5) is 10.5 Å². The number of nitrogens with zero attached hydrogens (tertiary/aromatic N) is 2.